The fourth-order valence-electron chi connectivity index (χ4n) is 2.08. The maximum Gasteiger partial charge on any atom is 0.255 e. The number of para-hydroxylation sites is 1. The van der Waals surface area contributed by atoms with E-state index in [0.717, 1.165) is 12.2 Å². The van der Waals surface area contributed by atoms with Gasteiger partial charge < -0.3 is 15.4 Å². The van der Waals surface area contributed by atoms with E-state index in [0.29, 0.717) is 31.0 Å². The highest BCUT2D eigenvalue weighted by Gasteiger charge is 2.18. The quantitative estimate of drug-likeness (QED) is 0.848. The minimum absolute atomic E-state index is 0.148. The summed E-state index contributed by atoms with van der Waals surface area (Å²) in [5, 5.41) is 13.6. The summed E-state index contributed by atoms with van der Waals surface area (Å²) in [7, 11) is 0. The summed E-state index contributed by atoms with van der Waals surface area (Å²) in [4.78, 5) is 12.2. The molecule has 20 heavy (non-hydrogen) atoms. The van der Waals surface area contributed by atoms with E-state index in [1.807, 2.05) is 12.1 Å². The zero-order valence-electron chi connectivity index (χ0n) is 10.9. The molecule has 1 aromatic carbocycles. The van der Waals surface area contributed by atoms with E-state index in [9.17, 15) is 4.79 Å². The topological polar surface area (TPSA) is 81.1 Å². The second-order valence-electron chi connectivity index (χ2n) is 4.38. The number of fused-ring (bicyclic) bond motifs is 1. The summed E-state index contributed by atoms with van der Waals surface area (Å²) < 4.78 is 7.24. The lowest BCUT2D eigenvalue weighted by atomic mass is 10.1. The van der Waals surface area contributed by atoms with E-state index in [1.165, 1.54) is 0 Å². The van der Waals surface area contributed by atoms with E-state index < -0.39 is 0 Å². The van der Waals surface area contributed by atoms with Crippen LogP contribution >= 0.6 is 0 Å². The fraction of sp³-hybridized carbons (Fsp3) is 0.308. The molecule has 0 unspecified atom stereocenters. The van der Waals surface area contributed by atoms with Crippen molar-refractivity contribution in [3.05, 3.63) is 36.2 Å². The van der Waals surface area contributed by atoms with Crippen LogP contribution in [0.15, 0.2) is 30.6 Å². The second-order valence-corrected chi connectivity index (χ2v) is 4.38. The first kappa shape index (κ1) is 12.5. The minimum atomic E-state index is -0.148. The van der Waals surface area contributed by atoms with Crippen LogP contribution < -0.4 is 15.4 Å². The van der Waals surface area contributed by atoms with Gasteiger partial charge in [0.15, 0.2) is 5.75 Å². The molecular weight excluding hydrogens is 258 g/mol. The van der Waals surface area contributed by atoms with E-state index in [1.54, 1.807) is 23.1 Å². The molecule has 0 bridgehead atoms. The summed E-state index contributed by atoms with van der Waals surface area (Å²) in [6.45, 7) is 2.39. The molecule has 0 spiro atoms. The van der Waals surface area contributed by atoms with Crippen molar-refractivity contribution in [3.63, 3.8) is 0 Å². The Morgan fingerprint density at radius 2 is 2.45 bits per heavy atom. The summed E-state index contributed by atoms with van der Waals surface area (Å²) in [5.74, 6) is 0.475. The molecule has 0 saturated heterocycles. The van der Waals surface area contributed by atoms with Gasteiger partial charge in [-0.2, -0.15) is 0 Å². The number of hydrogen-bond acceptors (Lipinski definition) is 5. The minimum Gasteiger partial charge on any atom is -0.489 e. The Labute approximate surface area is 115 Å². The van der Waals surface area contributed by atoms with Gasteiger partial charge in [-0.25, -0.2) is 0 Å². The van der Waals surface area contributed by atoms with E-state index in [2.05, 4.69) is 20.9 Å². The highest BCUT2D eigenvalue weighted by Crippen LogP contribution is 2.30. The molecule has 3 rings (SSSR count). The Bertz CT molecular complexity index is 597. The number of carbonyl (C=O) groups is 1. The highest BCUT2D eigenvalue weighted by atomic mass is 16.5. The van der Waals surface area contributed by atoms with Crippen LogP contribution in [0, 0.1) is 0 Å². The third kappa shape index (κ3) is 2.56. The smallest absolute Gasteiger partial charge is 0.255 e. The molecule has 0 fully saturated rings. The lowest BCUT2D eigenvalue weighted by Crippen LogP contribution is -2.29. The van der Waals surface area contributed by atoms with Gasteiger partial charge in [0.2, 0.25) is 0 Å². The van der Waals surface area contributed by atoms with Crippen molar-refractivity contribution in [2.24, 2.45) is 0 Å². The fourth-order valence-corrected chi connectivity index (χ4v) is 2.08. The Morgan fingerprint density at radius 1 is 1.50 bits per heavy atom. The molecule has 1 aliphatic rings. The van der Waals surface area contributed by atoms with Crippen molar-refractivity contribution in [2.75, 3.05) is 25.0 Å². The number of nitrogens with zero attached hydrogens (tertiary/aromatic N) is 3. The van der Waals surface area contributed by atoms with Gasteiger partial charge in [-0.05, 0) is 12.1 Å². The van der Waals surface area contributed by atoms with Crippen molar-refractivity contribution >= 4 is 11.6 Å². The molecule has 7 heteroatoms. The number of nitrogens with one attached hydrogen (secondary N) is 2. The average molecular weight is 273 g/mol. The number of hydrogen-bond donors (Lipinski definition) is 2. The van der Waals surface area contributed by atoms with E-state index in [-0.39, 0.29) is 5.91 Å². The zero-order chi connectivity index (χ0) is 13.8. The molecule has 0 aliphatic carbocycles. The number of benzene rings is 1. The number of anilines is 1. The van der Waals surface area contributed by atoms with Crippen molar-refractivity contribution < 1.29 is 9.53 Å². The van der Waals surface area contributed by atoms with Crippen LogP contribution in [0.3, 0.4) is 0 Å². The summed E-state index contributed by atoms with van der Waals surface area (Å²) in [6, 6.07) is 5.50. The molecule has 1 aliphatic heterocycles. The van der Waals surface area contributed by atoms with Crippen LogP contribution in [-0.2, 0) is 6.54 Å². The predicted octanol–water partition coefficient (Wildman–Crippen LogP) is 0.512. The van der Waals surface area contributed by atoms with Gasteiger partial charge in [0.25, 0.3) is 5.91 Å². The second kappa shape index (κ2) is 5.60. The van der Waals surface area contributed by atoms with Crippen molar-refractivity contribution in [2.45, 2.75) is 6.54 Å². The van der Waals surface area contributed by atoms with Crippen LogP contribution in [0.5, 0.6) is 5.75 Å². The lowest BCUT2D eigenvalue weighted by molar-refractivity contribution is 0.0947. The SMILES string of the molecule is O=C(NCCn1ccnn1)c1cccc2c1OCCN2. The molecule has 0 radical (unpaired) electrons. The first-order chi connectivity index (χ1) is 9.84. The maximum atomic E-state index is 12.2. The first-order valence-corrected chi connectivity index (χ1v) is 6.46. The third-order valence-corrected chi connectivity index (χ3v) is 3.02. The number of aromatic nitrogens is 3. The van der Waals surface area contributed by atoms with Gasteiger partial charge >= 0.3 is 0 Å². The normalized spacial score (nSPS) is 13.0. The Morgan fingerprint density at radius 3 is 3.30 bits per heavy atom. The molecule has 2 N–H and O–H groups in total. The summed E-state index contributed by atoms with van der Waals surface area (Å²) in [6.07, 6.45) is 3.36. The van der Waals surface area contributed by atoms with Crippen LogP contribution in [0.25, 0.3) is 0 Å². The zero-order valence-corrected chi connectivity index (χ0v) is 10.9. The van der Waals surface area contributed by atoms with Crippen molar-refractivity contribution in [1.29, 1.82) is 0 Å². The number of carbonyl (C=O) groups excluding carboxylic acids is 1. The number of amides is 1. The van der Waals surface area contributed by atoms with Gasteiger partial charge in [-0.15, -0.1) is 5.10 Å². The van der Waals surface area contributed by atoms with Gasteiger partial charge in [0, 0.05) is 19.3 Å². The number of ether oxygens (including phenoxy) is 1. The predicted molar refractivity (Wildman–Crippen MR) is 72.8 cm³/mol. The monoisotopic (exact) mass is 273 g/mol. The highest BCUT2D eigenvalue weighted by molar-refractivity contribution is 5.98. The number of rotatable bonds is 4. The van der Waals surface area contributed by atoms with Gasteiger partial charge in [-0.1, -0.05) is 11.3 Å². The summed E-state index contributed by atoms with van der Waals surface area (Å²) >= 11 is 0. The first-order valence-electron chi connectivity index (χ1n) is 6.46. The van der Waals surface area contributed by atoms with Crippen LogP contribution in [0.1, 0.15) is 10.4 Å². The van der Waals surface area contributed by atoms with E-state index >= 15 is 0 Å². The molecule has 0 atom stereocenters. The molecule has 0 saturated carbocycles. The molecule has 7 nitrogen and oxygen atoms in total. The van der Waals surface area contributed by atoms with Crippen molar-refractivity contribution in [3.8, 4) is 5.75 Å². The largest absolute Gasteiger partial charge is 0.489 e. The van der Waals surface area contributed by atoms with Gasteiger partial charge in [0.05, 0.1) is 24.0 Å². The van der Waals surface area contributed by atoms with Crippen LogP contribution in [0.2, 0.25) is 0 Å². The maximum absolute atomic E-state index is 12.2. The molecule has 2 aromatic rings. The van der Waals surface area contributed by atoms with Crippen molar-refractivity contribution in [1.82, 2.24) is 20.3 Å². The van der Waals surface area contributed by atoms with Gasteiger partial charge in [-0.3, -0.25) is 9.48 Å². The van der Waals surface area contributed by atoms with E-state index in [4.69, 9.17) is 4.74 Å². The standard InChI is InChI=1S/C13H15N5O2/c19-13(15-4-7-18-8-5-16-17-18)10-2-1-3-11-12(10)20-9-6-14-11/h1-3,5,8,14H,4,6-7,9H2,(H,15,19). The van der Waals surface area contributed by atoms with Crippen LogP contribution in [0.4, 0.5) is 5.69 Å². The van der Waals surface area contributed by atoms with Gasteiger partial charge in [0.1, 0.15) is 6.61 Å². The molecule has 1 amide bonds. The third-order valence-electron chi connectivity index (χ3n) is 3.02. The average Bonchev–Trinajstić information content (AvgIpc) is 3.00. The summed E-state index contributed by atoms with van der Waals surface area (Å²) in [5.41, 5.74) is 1.41. The Balaban J connectivity index is 1.65. The molecular formula is C13H15N5O2. The lowest BCUT2D eigenvalue weighted by Gasteiger charge is -2.21. The molecule has 104 valence electrons. The Kier molecular flexibility index (Phi) is 3.49. The van der Waals surface area contributed by atoms with Crippen LogP contribution in [-0.4, -0.2) is 40.6 Å². The molecule has 2 heterocycles. The Hall–Kier alpha value is -2.57. The molecule has 1 aromatic heterocycles.